The van der Waals surface area contributed by atoms with Crippen molar-refractivity contribution in [1.82, 2.24) is 10.2 Å². The van der Waals surface area contributed by atoms with E-state index in [2.05, 4.69) is 17.1 Å². The summed E-state index contributed by atoms with van der Waals surface area (Å²) in [5.74, 6) is 0.899. The van der Waals surface area contributed by atoms with E-state index in [1.165, 1.54) is 51.6 Å². The summed E-state index contributed by atoms with van der Waals surface area (Å²) in [6.45, 7) is 5.10. The van der Waals surface area contributed by atoms with Crippen molar-refractivity contribution in [2.24, 2.45) is 5.92 Å². The second-order valence-corrected chi connectivity index (χ2v) is 6.02. The first-order valence-corrected chi connectivity index (χ1v) is 6.81. The zero-order valence-electron chi connectivity index (χ0n) is 9.91. The Morgan fingerprint density at radius 1 is 1.00 bits per heavy atom. The number of piperidine rings is 1. The molecular weight excluding hydrogens is 184 g/mol. The Morgan fingerprint density at radius 2 is 1.80 bits per heavy atom. The minimum Gasteiger partial charge on any atom is -0.310 e. The van der Waals surface area contributed by atoms with Crippen molar-refractivity contribution in [3.63, 3.8) is 0 Å². The predicted octanol–water partition coefficient (Wildman–Crippen LogP) is 2.00. The molecule has 3 fully saturated rings. The van der Waals surface area contributed by atoms with Gasteiger partial charge < -0.3 is 5.32 Å². The van der Waals surface area contributed by atoms with Gasteiger partial charge in [-0.25, -0.2) is 0 Å². The number of hydrogen-bond donors (Lipinski definition) is 1. The fraction of sp³-hybridized carbons (Fsp3) is 1.00. The van der Waals surface area contributed by atoms with E-state index in [0.29, 0.717) is 0 Å². The fourth-order valence-corrected chi connectivity index (χ4v) is 3.15. The molecule has 0 spiro atoms. The predicted molar refractivity (Wildman–Crippen MR) is 62.9 cm³/mol. The van der Waals surface area contributed by atoms with E-state index >= 15 is 0 Å². The molecule has 2 atom stereocenters. The average molecular weight is 208 g/mol. The lowest BCUT2D eigenvalue weighted by Crippen LogP contribution is -2.54. The number of nitrogens with one attached hydrogen (secondary N) is 1. The molecule has 0 aromatic carbocycles. The summed E-state index contributed by atoms with van der Waals surface area (Å²) in [4.78, 5) is 2.76. The van der Waals surface area contributed by atoms with Crippen LogP contribution >= 0.6 is 0 Å². The first-order valence-electron chi connectivity index (χ1n) is 6.81. The summed E-state index contributed by atoms with van der Waals surface area (Å²) in [6.07, 6.45) is 8.64. The quantitative estimate of drug-likeness (QED) is 0.763. The first kappa shape index (κ1) is 10.1. The van der Waals surface area contributed by atoms with Gasteiger partial charge >= 0.3 is 0 Å². The van der Waals surface area contributed by atoms with Crippen LogP contribution in [0, 0.1) is 5.92 Å². The third kappa shape index (κ3) is 2.36. The Morgan fingerprint density at radius 3 is 2.40 bits per heavy atom. The van der Waals surface area contributed by atoms with Crippen LogP contribution in [0.3, 0.4) is 0 Å². The molecule has 86 valence electrons. The Labute approximate surface area is 93.4 Å². The summed E-state index contributed by atoms with van der Waals surface area (Å²) >= 11 is 0. The van der Waals surface area contributed by atoms with Crippen molar-refractivity contribution in [2.45, 2.75) is 63.6 Å². The van der Waals surface area contributed by atoms with Gasteiger partial charge in [-0.15, -0.1) is 0 Å². The van der Waals surface area contributed by atoms with Crippen molar-refractivity contribution < 1.29 is 0 Å². The van der Waals surface area contributed by atoms with Crippen LogP contribution in [0.5, 0.6) is 0 Å². The van der Waals surface area contributed by atoms with Crippen molar-refractivity contribution >= 4 is 0 Å². The molecule has 2 nitrogen and oxygen atoms in total. The molecule has 2 saturated carbocycles. The van der Waals surface area contributed by atoms with Gasteiger partial charge in [0.05, 0.1) is 0 Å². The topological polar surface area (TPSA) is 15.3 Å². The molecule has 0 radical (unpaired) electrons. The maximum atomic E-state index is 3.81. The molecule has 2 aliphatic carbocycles. The van der Waals surface area contributed by atoms with Gasteiger partial charge in [-0.1, -0.05) is 13.3 Å². The third-order valence-electron chi connectivity index (χ3n) is 4.33. The van der Waals surface area contributed by atoms with Crippen LogP contribution in [-0.4, -0.2) is 36.1 Å². The van der Waals surface area contributed by atoms with Gasteiger partial charge in [0.2, 0.25) is 0 Å². The summed E-state index contributed by atoms with van der Waals surface area (Å²) in [5.41, 5.74) is 0. The van der Waals surface area contributed by atoms with Crippen LogP contribution in [0.25, 0.3) is 0 Å². The molecule has 1 N–H and O–H groups in total. The fourth-order valence-electron chi connectivity index (χ4n) is 3.15. The molecule has 3 aliphatic rings. The molecule has 2 heteroatoms. The zero-order valence-corrected chi connectivity index (χ0v) is 9.91. The highest BCUT2D eigenvalue weighted by Gasteiger charge is 2.34. The minimum absolute atomic E-state index is 0.793. The van der Waals surface area contributed by atoms with Crippen molar-refractivity contribution in [1.29, 1.82) is 0 Å². The van der Waals surface area contributed by atoms with Gasteiger partial charge in [-0.05, 0) is 38.0 Å². The van der Waals surface area contributed by atoms with Gasteiger partial charge in [0.25, 0.3) is 0 Å². The number of nitrogens with zero attached hydrogens (tertiary/aromatic N) is 1. The van der Waals surface area contributed by atoms with Crippen LogP contribution in [0.1, 0.15) is 45.4 Å². The van der Waals surface area contributed by atoms with Crippen LogP contribution in [0.4, 0.5) is 0 Å². The van der Waals surface area contributed by atoms with Crippen molar-refractivity contribution in [2.75, 3.05) is 13.1 Å². The summed E-state index contributed by atoms with van der Waals surface area (Å²) in [7, 11) is 0. The highest BCUT2D eigenvalue weighted by molar-refractivity contribution is 4.92. The van der Waals surface area contributed by atoms with Crippen LogP contribution in [0.15, 0.2) is 0 Å². The molecule has 0 amide bonds. The van der Waals surface area contributed by atoms with E-state index < -0.39 is 0 Å². The highest BCUT2D eigenvalue weighted by atomic mass is 15.2. The standard InChI is InChI=1S/C13H24N2/c1-10-7-12(14-11-5-6-11)9-15(8-10)13-3-2-4-13/h10-14H,2-9H2,1H3. The lowest BCUT2D eigenvalue weighted by atomic mass is 9.87. The van der Waals surface area contributed by atoms with Crippen LogP contribution < -0.4 is 5.32 Å². The normalized spacial score (nSPS) is 39.0. The van der Waals surface area contributed by atoms with Gasteiger partial charge in [-0.3, -0.25) is 4.90 Å². The molecule has 1 aliphatic heterocycles. The Bertz CT molecular complexity index is 219. The van der Waals surface area contributed by atoms with E-state index in [9.17, 15) is 0 Å². The second kappa shape index (κ2) is 4.06. The summed E-state index contributed by atoms with van der Waals surface area (Å²) < 4.78 is 0. The minimum atomic E-state index is 0.793. The molecule has 0 aromatic heterocycles. The van der Waals surface area contributed by atoms with E-state index in [1.807, 2.05) is 0 Å². The Hall–Kier alpha value is -0.0800. The van der Waals surface area contributed by atoms with Gasteiger partial charge in [-0.2, -0.15) is 0 Å². The molecule has 0 bridgehead atoms. The van der Waals surface area contributed by atoms with Crippen LogP contribution in [0.2, 0.25) is 0 Å². The SMILES string of the molecule is CC1CC(NC2CC2)CN(C2CCC2)C1. The van der Waals surface area contributed by atoms with Gasteiger partial charge in [0, 0.05) is 31.2 Å². The molecule has 1 heterocycles. The Balaban J connectivity index is 1.54. The van der Waals surface area contributed by atoms with Crippen molar-refractivity contribution in [3.05, 3.63) is 0 Å². The summed E-state index contributed by atoms with van der Waals surface area (Å²) in [5, 5.41) is 3.81. The van der Waals surface area contributed by atoms with E-state index in [-0.39, 0.29) is 0 Å². The van der Waals surface area contributed by atoms with Crippen LogP contribution in [-0.2, 0) is 0 Å². The number of likely N-dealkylation sites (tertiary alicyclic amines) is 1. The molecule has 15 heavy (non-hydrogen) atoms. The smallest absolute Gasteiger partial charge is 0.0200 e. The van der Waals surface area contributed by atoms with E-state index in [4.69, 9.17) is 0 Å². The zero-order chi connectivity index (χ0) is 10.3. The number of hydrogen-bond acceptors (Lipinski definition) is 2. The average Bonchev–Trinajstić information content (AvgIpc) is 2.83. The molecule has 2 unspecified atom stereocenters. The number of rotatable bonds is 3. The van der Waals surface area contributed by atoms with Gasteiger partial charge in [0.1, 0.15) is 0 Å². The third-order valence-corrected chi connectivity index (χ3v) is 4.33. The lowest BCUT2D eigenvalue weighted by Gasteiger charge is -2.44. The first-order chi connectivity index (χ1) is 7.31. The molecule has 0 aromatic rings. The molecular formula is C13H24N2. The maximum absolute atomic E-state index is 3.81. The summed E-state index contributed by atoms with van der Waals surface area (Å²) in [6, 6.07) is 2.61. The Kier molecular flexibility index (Phi) is 2.73. The van der Waals surface area contributed by atoms with Gasteiger partial charge in [0.15, 0.2) is 0 Å². The monoisotopic (exact) mass is 208 g/mol. The molecule has 3 rings (SSSR count). The molecule has 1 saturated heterocycles. The second-order valence-electron chi connectivity index (χ2n) is 6.02. The van der Waals surface area contributed by atoms with E-state index in [1.54, 1.807) is 0 Å². The largest absolute Gasteiger partial charge is 0.310 e. The lowest BCUT2D eigenvalue weighted by molar-refractivity contribution is 0.0630. The highest BCUT2D eigenvalue weighted by Crippen LogP contribution is 2.30. The van der Waals surface area contributed by atoms with Crippen molar-refractivity contribution in [3.8, 4) is 0 Å². The van der Waals surface area contributed by atoms with E-state index in [0.717, 1.165) is 24.0 Å². The maximum Gasteiger partial charge on any atom is 0.0200 e.